The van der Waals surface area contributed by atoms with Crippen molar-refractivity contribution < 1.29 is 4.74 Å². The van der Waals surface area contributed by atoms with Crippen molar-refractivity contribution in [2.45, 2.75) is 25.6 Å². The molecule has 0 amide bonds. The van der Waals surface area contributed by atoms with Crippen LogP contribution in [-0.2, 0) is 11.3 Å². The summed E-state index contributed by atoms with van der Waals surface area (Å²) >= 11 is 0. The average Bonchev–Trinajstić information content (AvgIpc) is 2.32. The first kappa shape index (κ1) is 12.1. The molecule has 0 aromatic heterocycles. The second-order valence-corrected chi connectivity index (χ2v) is 4.64. The molecule has 17 heavy (non-hydrogen) atoms. The topological polar surface area (TPSA) is 45.0 Å². The smallest absolute Gasteiger partial charge is 0.0991 e. The van der Waals surface area contributed by atoms with Crippen LogP contribution in [0.2, 0.25) is 0 Å². The Morgan fingerprint density at radius 2 is 2.06 bits per heavy atom. The lowest BCUT2D eigenvalue weighted by Crippen LogP contribution is -2.36. The van der Waals surface area contributed by atoms with Crippen molar-refractivity contribution in [3.63, 3.8) is 0 Å². The van der Waals surface area contributed by atoms with Gasteiger partial charge in [-0.1, -0.05) is 12.1 Å². The van der Waals surface area contributed by atoms with Crippen molar-refractivity contribution in [2.75, 3.05) is 13.6 Å². The monoisotopic (exact) mass is 230 g/mol. The molecule has 0 radical (unpaired) electrons. The number of ether oxygens (including phenoxy) is 1. The molecule has 1 aromatic carbocycles. The summed E-state index contributed by atoms with van der Waals surface area (Å²) in [6.45, 7) is 1.75. The molecule has 3 heteroatoms. The summed E-state index contributed by atoms with van der Waals surface area (Å²) in [6.07, 6.45) is 2.75. The van der Waals surface area contributed by atoms with Crippen molar-refractivity contribution in [1.29, 1.82) is 5.26 Å². The maximum absolute atomic E-state index is 8.69. The zero-order chi connectivity index (χ0) is 12.1. The minimum Gasteiger partial charge on any atom is -0.374 e. The van der Waals surface area contributed by atoms with E-state index in [4.69, 9.17) is 10.00 Å². The fraction of sp³-hybridized carbons (Fsp3) is 0.500. The molecule has 0 aliphatic heterocycles. The quantitative estimate of drug-likeness (QED) is 0.842. The summed E-state index contributed by atoms with van der Waals surface area (Å²) < 4.78 is 5.80. The van der Waals surface area contributed by atoms with Crippen molar-refractivity contribution in [3.8, 4) is 6.07 Å². The van der Waals surface area contributed by atoms with E-state index >= 15 is 0 Å². The molecule has 1 fully saturated rings. The molecule has 2 rings (SSSR count). The lowest BCUT2D eigenvalue weighted by Gasteiger charge is -2.35. The van der Waals surface area contributed by atoms with Gasteiger partial charge in [0.15, 0.2) is 0 Å². The predicted octanol–water partition coefficient (Wildman–Crippen LogP) is 2.07. The summed E-state index contributed by atoms with van der Waals surface area (Å²) in [5.74, 6) is 0.783. The molecule has 0 heterocycles. The van der Waals surface area contributed by atoms with E-state index in [1.165, 1.54) is 0 Å². The van der Waals surface area contributed by atoms with E-state index in [1.807, 2.05) is 31.3 Å². The van der Waals surface area contributed by atoms with E-state index in [0.717, 1.165) is 30.9 Å². The number of hydrogen-bond donors (Lipinski definition) is 1. The van der Waals surface area contributed by atoms with Gasteiger partial charge in [0.05, 0.1) is 24.3 Å². The number of nitrogens with one attached hydrogen (secondary N) is 1. The average molecular weight is 230 g/mol. The molecule has 90 valence electrons. The van der Waals surface area contributed by atoms with Gasteiger partial charge in [0.25, 0.3) is 0 Å². The van der Waals surface area contributed by atoms with Crippen LogP contribution in [0.15, 0.2) is 24.3 Å². The number of rotatable bonds is 5. The normalized spacial score (nSPS) is 22.8. The van der Waals surface area contributed by atoms with E-state index in [1.54, 1.807) is 0 Å². The molecule has 3 nitrogen and oxygen atoms in total. The Morgan fingerprint density at radius 1 is 1.35 bits per heavy atom. The highest BCUT2D eigenvalue weighted by molar-refractivity contribution is 5.31. The van der Waals surface area contributed by atoms with Crippen LogP contribution in [0.25, 0.3) is 0 Å². The SMILES string of the molecule is CNCC1CC(OCc2ccc(C#N)cc2)C1. The molecule has 0 bridgehead atoms. The van der Waals surface area contributed by atoms with Gasteiger partial charge in [-0.05, 0) is 50.0 Å². The Hall–Kier alpha value is -1.37. The van der Waals surface area contributed by atoms with Gasteiger partial charge in [-0.2, -0.15) is 5.26 Å². The van der Waals surface area contributed by atoms with Gasteiger partial charge in [0.2, 0.25) is 0 Å². The number of benzene rings is 1. The maximum Gasteiger partial charge on any atom is 0.0991 e. The molecule has 1 aliphatic rings. The second kappa shape index (κ2) is 5.81. The van der Waals surface area contributed by atoms with Crippen LogP contribution < -0.4 is 5.32 Å². The van der Waals surface area contributed by atoms with E-state index in [9.17, 15) is 0 Å². The van der Waals surface area contributed by atoms with E-state index in [0.29, 0.717) is 18.3 Å². The summed E-state index contributed by atoms with van der Waals surface area (Å²) in [6, 6.07) is 9.71. The molecular formula is C14H18N2O. The van der Waals surface area contributed by atoms with Crippen molar-refractivity contribution in [3.05, 3.63) is 35.4 Å². The lowest BCUT2D eigenvalue weighted by atomic mass is 9.82. The van der Waals surface area contributed by atoms with Crippen molar-refractivity contribution >= 4 is 0 Å². The Kier molecular flexibility index (Phi) is 4.13. The summed E-state index contributed by atoms with van der Waals surface area (Å²) in [4.78, 5) is 0. The third-order valence-electron chi connectivity index (χ3n) is 3.25. The summed E-state index contributed by atoms with van der Waals surface area (Å²) in [5.41, 5.74) is 1.84. The second-order valence-electron chi connectivity index (χ2n) is 4.64. The highest BCUT2D eigenvalue weighted by Crippen LogP contribution is 2.30. The van der Waals surface area contributed by atoms with Gasteiger partial charge in [0.1, 0.15) is 0 Å². The molecule has 0 saturated heterocycles. The largest absolute Gasteiger partial charge is 0.374 e. The number of nitriles is 1. The highest BCUT2D eigenvalue weighted by atomic mass is 16.5. The molecule has 1 N–H and O–H groups in total. The third kappa shape index (κ3) is 3.29. The predicted molar refractivity (Wildman–Crippen MR) is 66.4 cm³/mol. The van der Waals surface area contributed by atoms with Crippen molar-refractivity contribution in [1.82, 2.24) is 5.32 Å². The molecule has 1 aliphatic carbocycles. The van der Waals surface area contributed by atoms with Crippen LogP contribution in [0, 0.1) is 17.2 Å². The van der Waals surface area contributed by atoms with Crippen LogP contribution >= 0.6 is 0 Å². The molecular weight excluding hydrogens is 212 g/mol. The summed E-state index contributed by atoms with van der Waals surface area (Å²) in [7, 11) is 1.99. The summed E-state index contributed by atoms with van der Waals surface area (Å²) in [5, 5.41) is 11.9. The van der Waals surface area contributed by atoms with Crippen LogP contribution in [0.1, 0.15) is 24.0 Å². The van der Waals surface area contributed by atoms with Gasteiger partial charge in [-0.25, -0.2) is 0 Å². The Morgan fingerprint density at radius 3 is 2.65 bits per heavy atom. The van der Waals surface area contributed by atoms with Crippen LogP contribution in [-0.4, -0.2) is 19.7 Å². The van der Waals surface area contributed by atoms with Gasteiger partial charge in [0, 0.05) is 0 Å². The van der Waals surface area contributed by atoms with E-state index < -0.39 is 0 Å². The van der Waals surface area contributed by atoms with E-state index in [-0.39, 0.29) is 0 Å². The standard InChI is InChI=1S/C14H18N2O/c1-16-9-13-6-14(7-13)17-10-12-4-2-11(8-15)3-5-12/h2-5,13-14,16H,6-7,9-10H2,1H3. The number of hydrogen-bond acceptors (Lipinski definition) is 3. The maximum atomic E-state index is 8.69. The minimum atomic E-state index is 0.420. The molecule has 1 aromatic rings. The first-order valence-corrected chi connectivity index (χ1v) is 6.07. The molecule has 0 unspecified atom stereocenters. The van der Waals surface area contributed by atoms with Gasteiger partial charge in [-0.3, -0.25) is 0 Å². The van der Waals surface area contributed by atoms with Crippen LogP contribution in [0.4, 0.5) is 0 Å². The van der Waals surface area contributed by atoms with Gasteiger partial charge >= 0.3 is 0 Å². The minimum absolute atomic E-state index is 0.420. The van der Waals surface area contributed by atoms with Crippen molar-refractivity contribution in [2.24, 2.45) is 5.92 Å². The van der Waals surface area contributed by atoms with Crippen LogP contribution in [0.5, 0.6) is 0 Å². The Balaban J connectivity index is 1.71. The fourth-order valence-corrected chi connectivity index (χ4v) is 2.16. The van der Waals surface area contributed by atoms with Gasteiger partial charge in [-0.15, -0.1) is 0 Å². The molecule has 0 atom stereocenters. The first-order chi connectivity index (χ1) is 8.31. The lowest BCUT2D eigenvalue weighted by molar-refractivity contribution is -0.0391. The van der Waals surface area contributed by atoms with E-state index in [2.05, 4.69) is 11.4 Å². The molecule has 0 spiro atoms. The highest BCUT2D eigenvalue weighted by Gasteiger charge is 2.28. The zero-order valence-electron chi connectivity index (χ0n) is 10.1. The number of nitrogens with zero attached hydrogens (tertiary/aromatic N) is 1. The fourth-order valence-electron chi connectivity index (χ4n) is 2.16. The van der Waals surface area contributed by atoms with Gasteiger partial charge < -0.3 is 10.1 Å². The Bertz CT molecular complexity index is 388. The molecule has 1 saturated carbocycles. The Labute approximate surface area is 102 Å². The first-order valence-electron chi connectivity index (χ1n) is 6.07. The zero-order valence-corrected chi connectivity index (χ0v) is 10.1. The third-order valence-corrected chi connectivity index (χ3v) is 3.25. The van der Waals surface area contributed by atoms with Crippen LogP contribution in [0.3, 0.4) is 0 Å².